The molecule has 8 nitrogen and oxygen atoms in total. The lowest BCUT2D eigenvalue weighted by Gasteiger charge is -2.27. The zero-order valence-corrected chi connectivity index (χ0v) is 21.5. The largest absolute Gasteiger partial charge is 0.491 e. The summed E-state index contributed by atoms with van der Waals surface area (Å²) in [5, 5.41) is 37.6. The van der Waals surface area contributed by atoms with Gasteiger partial charge < -0.3 is 24.8 Å². The molecule has 35 heavy (non-hydrogen) atoms. The highest BCUT2D eigenvalue weighted by molar-refractivity contribution is 6.32. The molecule has 3 N–H and O–H groups in total. The fraction of sp³-hybridized carbons (Fsp3) is 0.440. The molecule has 0 aliphatic rings. The molecular formula is C25H31Cl2N3O5. The van der Waals surface area contributed by atoms with E-state index in [4.69, 9.17) is 32.7 Å². The summed E-state index contributed by atoms with van der Waals surface area (Å²) in [5.41, 5.74) is 2.91. The Kier molecular flexibility index (Phi) is 9.38. The van der Waals surface area contributed by atoms with E-state index < -0.39 is 12.2 Å². The van der Waals surface area contributed by atoms with Gasteiger partial charge in [0.25, 0.3) is 0 Å². The van der Waals surface area contributed by atoms with Crippen LogP contribution in [0.4, 0.5) is 0 Å². The summed E-state index contributed by atoms with van der Waals surface area (Å²) in [5.74, 6) is 1.21. The van der Waals surface area contributed by atoms with Crippen molar-refractivity contribution in [3.05, 3.63) is 70.0 Å². The molecule has 0 fully saturated rings. The summed E-state index contributed by atoms with van der Waals surface area (Å²) < 4.78 is 12.8. The Bertz CT molecular complexity index is 1100. The maximum absolute atomic E-state index is 10.3. The molecule has 0 radical (unpaired) electrons. The normalized spacial score (nSPS) is 13.5. The van der Waals surface area contributed by atoms with Gasteiger partial charge in [0, 0.05) is 5.41 Å². The van der Waals surface area contributed by atoms with Crippen LogP contribution in [0.3, 0.4) is 0 Å². The van der Waals surface area contributed by atoms with Crippen molar-refractivity contribution in [1.29, 1.82) is 0 Å². The van der Waals surface area contributed by atoms with Gasteiger partial charge in [0.05, 0.1) is 35.4 Å². The molecule has 3 aromatic rings. The summed E-state index contributed by atoms with van der Waals surface area (Å²) in [6.45, 7) is 6.06. The van der Waals surface area contributed by atoms with Crippen molar-refractivity contribution in [2.24, 2.45) is 0 Å². The van der Waals surface area contributed by atoms with Gasteiger partial charge >= 0.3 is 0 Å². The highest BCUT2D eigenvalue weighted by atomic mass is 35.5. The van der Waals surface area contributed by atoms with Gasteiger partial charge in [0.1, 0.15) is 36.9 Å². The van der Waals surface area contributed by atoms with E-state index in [0.29, 0.717) is 27.9 Å². The van der Waals surface area contributed by atoms with Crippen LogP contribution >= 0.6 is 23.2 Å². The molecule has 0 saturated carbocycles. The van der Waals surface area contributed by atoms with Crippen molar-refractivity contribution in [2.75, 3.05) is 19.1 Å². The van der Waals surface area contributed by atoms with Crippen LogP contribution in [0, 0.1) is 6.92 Å². The Morgan fingerprint density at radius 1 is 1.00 bits per heavy atom. The molecule has 2 aromatic carbocycles. The van der Waals surface area contributed by atoms with E-state index in [2.05, 4.69) is 24.2 Å². The van der Waals surface area contributed by atoms with Crippen LogP contribution in [-0.2, 0) is 18.6 Å². The third-order valence-electron chi connectivity index (χ3n) is 5.85. The van der Waals surface area contributed by atoms with Crippen LogP contribution in [0.2, 0.25) is 5.02 Å². The van der Waals surface area contributed by atoms with Gasteiger partial charge in [0.2, 0.25) is 0 Å². The van der Waals surface area contributed by atoms with Gasteiger partial charge in [-0.05, 0) is 42.3 Å². The topological polar surface area (TPSA) is 110 Å². The number of rotatable bonds is 12. The first kappa shape index (κ1) is 27.2. The van der Waals surface area contributed by atoms with Crippen molar-refractivity contribution >= 4 is 23.2 Å². The number of ether oxygens (including phenoxy) is 2. The Hall–Kier alpha value is -2.36. The molecule has 2 atom stereocenters. The molecule has 190 valence electrons. The standard InChI is InChI=1S/C25H31Cl2N3O5/c1-16-23(13-31)30(29-28-16)12-20(33)15-34-21-7-4-17(5-8-21)25(2,3)18-6-9-24(22(27)10-18)35-14-19(32)11-26/h4-10,19-20,31-33H,11-15H2,1-3H3/t19-,20-/m1/s1. The molecule has 0 unspecified atom stereocenters. The van der Waals surface area contributed by atoms with E-state index in [-0.39, 0.29) is 37.7 Å². The first-order valence-electron chi connectivity index (χ1n) is 11.2. The number of aromatic nitrogens is 3. The second-order valence-corrected chi connectivity index (χ2v) is 9.56. The Balaban J connectivity index is 1.61. The van der Waals surface area contributed by atoms with Crippen LogP contribution in [0.25, 0.3) is 0 Å². The number of alkyl halides is 1. The van der Waals surface area contributed by atoms with Gasteiger partial charge in [-0.2, -0.15) is 0 Å². The summed E-state index contributed by atoms with van der Waals surface area (Å²) in [6, 6.07) is 13.3. The number of halogens is 2. The molecule has 1 aromatic heterocycles. The molecule has 1 heterocycles. The van der Waals surface area contributed by atoms with E-state index in [1.165, 1.54) is 4.68 Å². The van der Waals surface area contributed by atoms with E-state index in [1.54, 1.807) is 13.0 Å². The fourth-order valence-corrected chi connectivity index (χ4v) is 3.90. The summed E-state index contributed by atoms with van der Waals surface area (Å²) >= 11 is 12.0. The number of benzene rings is 2. The molecular weight excluding hydrogens is 493 g/mol. The van der Waals surface area contributed by atoms with Crippen LogP contribution in [0.5, 0.6) is 11.5 Å². The van der Waals surface area contributed by atoms with Crippen LogP contribution in [-0.4, -0.2) is 61.6 Å². The SMILES string of the molecule is Cc1nnn(C[C@@H](O)COc2ccc(C(C)(C)c3ccc(OC[C@H](O)CCl)c(Cl)c3)cc2)c1CO. The maximum atomic E-state index is 10.3. The minimum atomic E-state index is -0.814. The van der Waals surface area contributed by atoms with E-state index in [9.17, 15) is 15.3 Å². The van der Waals surface area contributed by atoms with Gasteiger partial charge in [-0.15, -0.1) is 16.7 Å². The third kappa shape index (κ3) is 6.86. The van der Waals surface area contributed by atoms with E-state index >= 15 is 0 Å². The summed E-state index contributed by atoms with van der Waals surface area (Å²) in [6.07, 6.45) is -1.57. The first-order valence-corrected chi connectivity index (χ1v) is 12.1. The smallest absolute Gasteiger partial charge is 0.138 e. The minimum absolute atomic E-state index is 0.0714. The quantitative estimate of drug-likeness (QED) is 0.311. The first-order chi connectivity index (χ1) is 16.6. The van der Waals surface area contributed by atoms with E-state index in [1.807, 2.05) is 36.4 Å². The lowest BCUT2D eigenvalue weighted by Crippen LogP contribution is -2.25. The van der Waals surface area contributed by atoms with Crippen molar-refractivity contribution in [2.45, 2.75) is 51.5 Å². The average Bonchev–Trinajstić information content (AvgIpc) is 3.20. The number of nitrogens with zero attached hydrogens (tertiary/aromatic N) is 3. The predicted octanol–water partition coefficient (Wildman–Crippen LogP) is 3.48. The zero-order valence-electron chi connectivity index (χ0n) is 20.0. The molecule has 0 aliphatic heterocycles. The highest BCUT2D eigenvalue weighted by Gasteiger charge is 2.24. The second kappa shape index (κ2) is 12.1. The van der Waals surface area contributed by atoms with Gasteiger partial charge in [-0.1, -0.05) is 48.9 Å². The van der Waals surface area contributed by atoms with Crippen molar-refractivity contribution < 1.29 is 24.8 Å². The van der Waals surface area contributed by atoms with Crippen molar-refractivity contribution in [3.8, 4) is 11.5 Å². The number of aliphatic hydroxyl groups is 3. The Morgan fingerprint density at radius 2 is 1.66 bits per heavy atom. The summed E-state index contributed by atoms with van der Waals surface area (Å²) in [7, 11) is 0. The maximum Gasteiger partial charge on any atom is 0.138 e. The molecule has 0 aliphatic carbocycles. The lowest BCUT2D eigenvalue weighted by atomic mass is 9.78. The van der Waals surface area contributed by atoms with E-state index in [0.717, 1.165) is 11.1 Å². The number of hydrogen-bond donors (Lipinski definition) is 3. The van der Waals surface area contributed by atoms with Crippen LogP contribution in [0.1, 0.15) is 36.4 Å². The number of aliphatic hydroxyl groups excluding tert-OH is 3. The van der Waals surface area contributed by atoms with Gasteiger partial charge in [0.15, 0.2) is 0 Å². The molecule has 0 bridgehead atoms. The second-order valence-electron chi connectivity index (χ2n) is 8.84. The average molecular weight is 524 g/mol. The zero-order chi connectivity index (χ0) is 25.6. The molecule has 10 heteroatoms. The van der Waals surface area contributed by atoms with Crippen molar-refractivity contribution in [3.63, 3.8) is 0 Å². The predicted molar refractivity (Wildman–Crippen MR) is 134 cm³/mol. The molecule has 3 rings (SSSR count). The summed E-state index contributed by atoms with van der Waals surface area (Å²) in [4.78, 5) is 0. The molecule has 0 spiro atoms. The minimum Gasteiger partial charge on any atom is -0.491 e. The number of hydrogen-bond acceptors (Lipinski definition) is 7. The van der Waals surface area contributed by atoms with Gasteiger partial charge in [-0.3, -0.25) is 0 Å². The van der Waals surface area contributed by atoms with Gasteiger partial charge in [-0.25, -0.2) is 4.68 Å². The Morgan fingerprint density at radius 3 is 2.29 bits per heavy atom. The monoisotopic (exact) mass is 523 g/mol. The van der Waals surface area contributed by atoms with Crippen LogP contribution in [0.15, 0.2) is 42.5 Å². The fourth-order valence-electron chi connectivity index (χ4n) is 3.58. The van der Waals surface area contributed by atoms with Crippen LogP contribution < -0.4 is 9.47 Å². The molecule has 0 amide bonds. The highest BCUT2D eigenvalue weighted by Crippen LogP contribution is 2.36. The third-order valence-corrected chi connectivity index (χ3v) is 6.50. The number of aryl methyl sites for hydroxylation is 1. The lowest BCUT2D eigenvalue weighted by molar-refractivity contribution is 0.0866. The Labute approximate surface area is 215 Å². The molecule has 0 saturated heterocycles. The van der Waals surface area contributed by atoms with Crippen molar-refractivity contribution in [1.82, 2.24) is 15.0 Å².